The molecule has 0 saturated carbocycles. The molecule has 1 saturated heterocycles. The second-order valence-electron chi connectivity index (χ2n) is 4.30. The molecule has 0 aliphatic carbocycles. The van der Waals surface area contributed by atoms with Gasteiger partial charge in [-0.15, -0.1) is 0 Å². The summed E-state index contributed by atoms with van der Waals surface area (Å²) in [4.78, 5) is -0.0666. The molecule has 1 atom stereocenters. The predicted octanol–water partition coefficient (Wildman–Crippen LogP) is 1.67. The van der Waals surface area contributed by atoms with E-state index in [1.54, 1.807) is 12.1 Å². The lowest BCUT2D eigenvalue weighted by Gasteiger charge is -1.95. The molecule has 1 aliphatic heterocycles. The van der Waals surface area contributed by atoms with Crippen molar-refractivity contribution in [2.45, 2.75) is 24.3 Å². The average Bonchev–Trinajstić information content (AvgIpc) is 2.75. The Morgan fingerprint density at radius 2 is 2.00 bits per heavy atom. The fourth-order valence-corrected chi connectivity index (χ4v) is 1.98. The monoisotopic (exact) mass is 280 g/mol. The molecule has 102 valence electrons. The molecular weight excluding hydrogens is 264 g/mol. The Morgan fingerprint density at radius 1 is 1.42 bits per heavy atom. The normalized spacial score (nSPS) is 18.4. The second kappa shape index (κ2) is 6.48. The molecule has 2 rings (SSSR count). The van der Waals surface area contributed by atoms with Gasteiger partial charge in [-0.3, -0.25) is 9.87 Å². The van der Waals surface area contributed by atoms with Crippen molar-refractivity contribution in [1.82, 2.24) is 5.32 Å². The molecule has 0 unspecified atom stereocenters. The van der Waals surface area contributed by atoms with Gasteiger partial charge >= 0.3 is 0 Å². The summed E-state index contributed by atoms with van der Waals surface area (Å²) in [5.74, 6) is 0. The van der Waals surface area contributed by atoms with E-state index in [1.807, 2.05) is 6.92 Å². The highest BCUT2D eigenvalue weighted by atomic mass is 32.2. The van der Waals surface area contributed by atoms with E-state index in [-0.39, 0.29) is 10.9 Å². The van der Waals surface area contributed by atoms with Crippen molar-refractivity contribution in [2.75, 3.05) is 6.54 Å². The van der Waals surface area contributed by atoms with Crippen molar-refractivity contribution in [3.63, 3.8) is 0 Å². The van der Waals surface area contributed by atoms with Gasteiger partial charge in [-0.05, 0) is 25.5 Å². The molecule has 0 bridgehead atoms. The average molecular weight is 280 g/mol. The second-order valence-corrected chi connectivity index (χ2v) is 5.73. The first-order chi connectivity index (χ1) is 8.82. The van der Waals surface area contributed by atoms with E-state index in [1.165, 1.54) is 12.1 Å². The molecule has 0 spiro atoms. The maximum absolute atomic E-state index is 10.5. The molecule has 2 N–H and O–H groups in total. The van der Waals surface area contributed by atoms with Crippen LogP contribution in [-0.4, -0.2) is 25.6 Å². The van der Waals surface area contributed by atoms with Gasteiger partial charge in [0.05, 0.1) is 17.0 Å². The minimum atomic E-state index is -4.02. The van der Waals surface area contributed by atoms with Crippen LogP contribution in [0.2, 0.25) is 0 Å². The van der Waals surface area contributed by atoms with Crippen LogP contribution >= 0.6 is 0 Å². The number of nitrogens with one attached hydrogen (secondary N) is 1. The predicted molar refractivity (Wildman–Crippen MR) is 72.2 cm³/mol. The minimum Gasteiger partial charge on any atom is -0.298 e. The lowest BCUT2D eigenvalue weighted by atomic mass is 10.2. The zero-order valence-corrected chi connectivity index (χ0v) is 11.4. The number of nitriles is 1. The van der Waals surface area contributed by atoms with Crippen LogP contribution in [0.5, 0.6) is 0 Å². The fraction of sp³-hybridized carbons (Fsp3) is 0.308. The van der Waals surface area contributed by atoms with Gasteiger partial charge in [0.2, 0.25) is 0 Å². The van der Waals surface area contributed by atoms with Gasteiger partial charge in [-0.1, -0.05) is 29.8 Å². The molecule has 1 aliphatic rings. The molecule has 0 radical (unpaired) electrons. The molecule has 5 nitrogen and oxygen atoms in total. The first-order valence-electron chi connectivity index (χ1n) is 5.66. The van der Waals surface area contributed by atoms with E-state index >= 15 is 0 Å². The molecule has 1 heterocycles. The third-order valence-electron chi connectivity index (χ3n) is 2.57. The van der Waals surface area contributed by atoms with Crippen molar-refractivity contribution in [2.24, 2.45) is 0 Å². The molecule has 19 heavy (non-hydrogen) atoms. The number of hydrogen-bond acceptors (Lipinski definition) is 4. The highest BCUT2D eigenvalue weighted by molar-refractivity contribution is 7.85. The van der Waals surface area contributed by atoms with Crippen LogP contribution in [-0.2, 0) is 10.1 Å². The number of hydrogen-bond donors (Lipinski definition) is 2. The van der Waals surface area contributed by atoms with Gasteiger partial charge < -0.3 is 0 Å². The smallest absolute Gasteiger partial charge is 0.294 e. The van der Waals surface area contributed by atoms with Crippen LogP contribution in [0.15, 0.2) is 41.3 Å². The molecular formula is C13H16N2O3S. The number of rotatable bonds is 1. The highest BCUT2D eigenvalue weighted by Crippen LogP contribution is 2.09. The summed E-state index contributed by atoms with van der Waals surface area (Å²) in [6.45, 7) is 6.40. The van der Waals surface area contributed by atoms with E-state index in [0.29, 0.717) is 0 Å². The Kier molecular flexibility index (Phi) is 5.24. The first kappa shape index (κ1) is 15.4. The standard InChI is InChI=1S/C7H8O3S.C6H8N2/c1-6-2-4-7(5-3-6)11(8,9)10;1-5-2-6(3-7)8-4-5/h2-5H,1H3,(H,8,9,10);6,8H,1-2,4H2/t;6-/m.0/s1. The quantitative estimate of drug-likeness (QED) is 0.603. The van der Waals surface area contributed by atoms with E-state index in [2.05, 4.69) is 18.0 Å². The van der Waals surface area contributed by atoms with Gasteiger partial charge in [-0.2, -0.15) is 13.7 Å². The lowest BCUT2D eigenvalue weighted by Crippen LogP contribution is -2.18. The number of aryl methyl sites for hydroxylation is 1. The molecule has 0 aromatic heterocycles. The van der Waals surface area contributed by atoms with E-state index in [4.69, 9.17) is 9.81 Å². The maximum atomic E-state index is 10.5. The van der Waals surface area contributed by atoms with Crippen molar-refractivity contribution in [3.05, 3.63) is 42.0 Å². The summed E-state index contributed by atoms with van der Waals surface area (Å²) in [7, 11) is -4.02. The van der Waals surface area contributed by atoms with Crippen molar-refractivity contribution < 1.29 is 13.0 Å². The topological polar surface area (TPSA) is 90.2 Å². The van der Waals surface area contributed by atoms with E-state index in [9.17, 15) is 8.42 Å². The Balaban J connectivity index is 0.000000200. The summed E-state index contributed by atoms with van der Waals surface area (Å²) in [5, 5.41) is 11.3. The third-order valence-corrected chi connectivity index (χ3v) is 3.43. The zero-order valence-electron chi connectivity index (χ0n) is 10.6. The maximum Gasteiger partial charge on any atom is 0.294 e. The van der Waals surface area contributed by atoms with Gasteiger partial charge in [0.25, 0.3) is 10.1 Å². The largest absolute Gasteiger partial charge is 0.298 e. The summed E-state index contributed by atoms with van der Waals surface area (Å²) in [6.07, 6.45) is 0.830. The van der Waals surface area contributed by atoms with Crippen LogP contribution in [0.4, 0.5) is 0 Å². The SMILES string of the molecule is C=C1CN[C@H](C#N)C1.Cc1ccc(S(=O)(=O)O)cc1. The summed E-state index contributed by atoms with van der Waals surface area (Å²) < 4.78 is 29.6. The van der Waals surface area contributed by atoms with Crippen LogP contribution in [0.25, 0.3) is 0 Å². The Hall–Kier alpha value is -1.68. The van der Waals surface area contributed by atoms with Crippen LogP contribution < -0.4 is 5.32 Å². The Morgan fingerprint density at radius 3 is 2.32 bits per heavy atom. The summed E-state index contributed by atoms with van der Waals surface area (Å²) >= 11 is 0. The molecule has 0 amide bonds. The molecule has 6 heteroatoms. The van der Waals surface area contributed by atoms with Crippen LogP contribution in [0, 0.1) is 18.3 Å². The van der Waals surface area contributed by atoms with Crippen molar-refractivity contribution >= 4 is 10.1 Å². The van der Waals surface area contributed by atoms with Gasteiger partial charge in [0.1, 0.15) is 0 Å². The van der Waals surface area contributed by atoms with Crippen molar-refractivity contribution in [1.29, 1.82) is 5.26 Å². The lowest BCUT2D eigenvalue weighted by molar-refractivity contribution is 0.483. The third kappa shape index (κ3) is 5.22. The van der Waals surface area contributed by atoms with Gasteiger partial charge in [0.15, 0.2) is 0 Å². The Bertz CT molecular complexity index is 585. The van der Waals surface area contributed by atoms with Gasteiger partial charge in [-0.25, -0.2) is 0 Å². The summed E-state index contributed by atoms with van der Waals surface area (Å²) in [5.41, 5.74) is 2.09. The molecule has 1 fully saturated rings. The van der Waals surface area contributed by atoms with E-state index < -0.39 is 10.1 Å². The Labute approximate surface area is 113 Å². The van der Waals surface area contributed by atoms with E-state index in [0.717, 1.165) is 24.1 Å². The minimum absolute atomic E-state index is 0.0301. The number of benzene rings is 1. The highest BCUT2D eigenvalue weighted by Gasteiger charge is 2.14. The van der Waals surface area contributed by atoms with Crippen molar-refractivity contribution in [3.8, 4) is 6.07 Å². The van der Waals surface area contributed by atoms with Crippen LogP contribution in [0.3, 0.4) is 0 Å². The van der Waals surface area contributed by atoms with Crippen LogP contribution in [0.1, 0.15) is 12.0 Å². The summed E-state index contributed by atoms with van der Waals surface area (Å²) in [6, 6.07) is 8.14. The molecule has 1 aromatic rings. The zero-order chi connectivity index (χ0) is 14.5. The fourth-order valence-electron chi connectivity index (χ4n) is 1.50. The van der Waals surface area contributed by atoms with Gasteiger partial charge in [0, 0.05) is 6.54 Å². The first-order valence-corrected chi connectivity index (χ1v) is 7.10. The number of nitrogens with zero attached hydrogens (tertiary/aromatic N) is 1. The molecule has 1 aromatic carbocycles.